The van der Waals surface area contributed by atoms with Gasteiger partial charge in [-0.15, -0.1) is 0 Å². The minimum atomic E-state index is -0.647. The summed E-state index contributed by atoms with van der Waals surface area (Å²) in [6.07, 6.45) is 1.90. The van der Waals surface area contributed by atoms with Gasteiger partial charge in [0, 0.05) is 28.4 Å². The van der Waals surface area contributed by atoms with Crippen LogP contribution < -0.4 is 24.3 Å². The Morgan fingerprint density at radius 1 is 0.758 bits per heavy atom. The van der Waals surface area contributed by atoms with Crippen LogP contribution >= 0.6 is 0 Å². The van der Waals surface area contributed by atoms with Crippen LogP contribution in [-0.2, 0) is 4.79 Å². The van der Waals surface area contributed by atoms with Crippen LogP contribution in [0.3, 0.4) is 0 Å². The molecule has 168 valence electrons. The Bertz CT molecular complexity index is 1340. The summed E-state index contributed by atoms with van der Waals surface area (Å²) in [5, 5.41) is 3.95. The number of hydrogen-bond donors (Lipinski definition) is 2. The Morgan fingerprint density at radius 2 is 1.36 bits per heavy atom. The van der Waals surface area contributed by atoms with Crippen LogP contribution in [0.15, 0.2) is 54.7 Å². The van der Waals surface area contributed by atoms with Gasteiger partial charge in [-0.25, -0.2) is 0 Å². The molecule has 0 spiro atoms. The largest absolute Gasteiger partial charge is 0.492 e. The van der Waals surface area contributed by atoms with E-state index in [0.29, 0.717) is 34.1 Å². The summed E-state index contributed by atoms with van der Waals surface area (Å²) < 4.78 is 23.6. The molecule has 1 aliphatic heterocycles. The molecule has 0 radical (unpaired) electrons. The van der Waals surface area contributed by atoms with E-state index in [9.17, 15) is 4.79 Å². The average molecular weight is 444 g/mol. The monoisotopic (exact) mass is 444 g/mol. The number of hydrogen-bond acceptors (Lipinski definition) is 5. The van der Waals surface area contributed by atoms with E-state index in [2.05, 4.69) is 10.3 Å². The maximum Gasteiger partial charge on any atom is 0.236 e. The molecule has 3 aromatic carbocycles. The highest BCUT2D eigenvalue weighted by atomic mass is 16.5. The highest BCUT2D eigenvalue weighted by Gasteiger charge is 2.40. The fraction of sp³-hybridized carbons (Fsp3) is 0.192. The third kappa shape index (κ3) is 3.00. The zero-order valence-electron chi connectivity index (χ0n) is 18.8. The highest BCUT2D eigenvalue weighted by molar-refractivity contribution is 6.07. The van der Waals surface area contributed by atoms with Crippen LogP contribution in [0.25, 0.3) is 22.0 Å². The maximum absolute atomic E-state index is 13.1. The molecule has 0 saturated carbocycles. The van der Waals surface area contributed by atoms with Crippen molar-refractivity contribution in [2.75, 3.05) is 33.8 Å². The lowest BCUT2D eigenvalue weighted by atomic mass is 9.88. The first-order valence-electron chi connectivity index (χ1n) is 10.5. The lowest BCUT2D eigenvalue weighted by molar-refractivity contribution is -0.116. The Morgan fingerprint density at radius 3 is 2.03 bits per heavy atom. The van der Waals surface area contributed by atoms with Gasteiger partial charge in [-0.3, -0.25) is 4.79 Å². The van der Waals surface area contributed by atoms with Crippen LogP contribution in [0.5, 0.6) is 23.0 Å². The Labute approximate surface area is 191 Å². The molecule has 0 fully saturated rings. The predicted molar refractivity (Wildman–Crippen MR) is 127 cm³/mol. The molecule has 7 heteroatoms. The van der Waals surface area contributed by atoms with Crippen molar-refractivity contribution in [3.8, 4) is 34.1 Å². The van der Waals surface area contributed by atoms with Gasteiger partial charge in [0.15, 0.2) is 23.0 Å². The van der Waals surface area contributed by atoms with Gasteiger partial charge in [0.05, 0.1) is 45.5 Å². The molecule has 33 heavy (non-hydrogen) atoms. The quantitative estimate of drug-likeness (QED) is 0.440. The van der Waals surface area contributed by atoms with Crippen LogP contribution in [-0.4, -0.2) is 39.3 Å². The summed E-state index contributed by atoms with van der Waals surface area (Å²) in [5.41, 5.74) is 4.68. The number of rotatable bonds is 6. The number of carbonyl (C=O) groups excluding carboxylic acids is 1. The molecule has 4 aromatic rings. The number of aromatic nitrogens is 1. The second-order valence-corrected chi connectivity index (χ2v) is 7.68. The van der Waals surface area contributed by atoms with E-state index in [1.165, 1.54) is 0 Å². The number of ether oxygens (including phenoxy) is 4. The summed E-state index contributed by atoms with van der Waals surface area (Å²) in [6.45, 7) is 0. The maximum atomic E-state index is 13.1. The molecule has 1 amide bonds. The van der Waals surface area contributed by atoms with Gasteiger partial charge in [-0.05, 0) is 17.7 Å². The summed E-state index contributed by atoms with van der Waals surface area (Å²) in [7, 11) is 6.28. The number of aromatic amines is 1. The molecule has 2 N–H and O–H groups in total. The van der Waals surface area contributed by atoms with E-state index in [1.54, 1.807) is 28.4 Å². The molecule has 2 heterocycles. The van der Waals surface area contributed by atoms with E-state index in [-0.39, 0.29) is 5.91 Å². The molecule has 5 rings (SSSR count). The minimum Gasteiger partial charge on any atom is -0.492 e. The van der Waals surface area contributed by atoms with Gasteiger partial charge in [0.2, 0.25) is 5.91 Å². The fourth-order valence-electron chi connectivity index (χ4n) is 4.75. The molecule has 0 unspecified atom stereocenters. The van der Waals surface area contributed by atoms with Gasteiger partial charge >= 0.3 is 0 Å². The van der Waals surface area contributed by atoms with Gasteiger partial charge < -0.3 is 29.2 Å². The van der Waals surface area contributed by atoms with Crippen LogP contribution in [0, 0.1) is 0 Å². The number of para-hydroxylation sites is 2. The topological polar surface area (TPSA) is 81.8 Å². The number of benzene rings is 3. The first-order chi connectivity index (χ1) is 16.1. The third-order valence-corrected chi connectivity index (χ3v) is 6.11. The van der Waals surface area contributed by atoms with Crippen molar-refractivity contribution in [2.24, 2.45) is 0 Å². The smallest absolute Gasteiger partial charge is 0.236 e. The third-order valence-electron chi connectivity index (χ3n) is 6.11. The van der Waals surface area contributed by atoms with Crippen LogP contribution in [0.4, 0.5) is 5.69 Å². The van der Waals surface area contributed by atoms with Gasteiger partial charge in [-0.1, -0.05) is 36.4 Å². The lowest BCUT2D eigenvalue weighted by Gasteiger charge is -2.25. The summed E-state index contributed by atoms with van der Waals surface area (Å²) in [4.78, 5) is 16.4. The zero-order valence-corrected chi connectivity index (χ0v) is 18.8. The molecule has 1 atom stereocenters. The molecular weight excluding hydrogens is 420 g/mol. The normalized spacial score (nSPS) is 14.7. The minimum absolute atomic E-state index is 0.170. The second kappa shape index (κ2) is 8.09. The highest BCUT2D eigenvalue weighted by Crippen LogP contribution is 2.58. The zero-order chi connectivity index (χ0) is 23.1. The van der Waals surface area contributed by atoms with Crippen molar-refractivity contribution in [3.63, 3.8) is 0 Å². The number of fused-ring (bicyclic) bond motifs is 2. The average Bonchev–Trinajstić information content (AvgIpc) is 3.42. The molecule has 0 aliphatic carbocycles. The molecule has 1 aliphatic rings. The van der Waals surface area contributed by atoms with Crippen molar-refractivity contribution < 1.29 is 23.7 Å². The molecular formula is C26H24N2O5. The van der Waals surface area contributed by atoms with E-state index in [1.807, 2.05) is 54.7 Å². The Kier molecular flexibility index (Phi) is 5.09. The van der Waals surface area contributed by atoms with Crippen molar-refractivity contribution >= 4 is 22.5 Å². The number of H-pyrrole nitrogens is 1. The van der Waals surface area contributed by atoms with E-state index >= 15 is 0 Å². The number of carbonyl (C=O) groups is 1. The Hall–Kier alpha value is -4.13. The number of amides is 1. The van der Waals surface area contributed by atoms with E-state index in [4.69, 9.17) is 18.9 Å². The Balaban J connectivity index is 1.88. The molecule has 0 bridgehead atoms. The SMILES string of the molecule is COc1c(OC)c([C@@H]2C(=O)Nc3ccccc32)c(OC)c(OC)c1-c1c[nH]c2ccccc12. The summed E-state index contributed by atoms with van der Waals surface area (Å²) in [5.74, 6) is 0.960. The lowest BCUT2D eigenvalue weighted by Crippen LogP contribution is -2.16. The number of methoxy groups -OCH3 is 4. The first-order valence-corrected chi connectivity index (χ1v) is 10.5. The van der Waals surface area contributed by atoms with Gasteiger partial charge in [0.25, 0.3) is 0 Å². The van der Waals surface area contributed by atoms with Crippen LogP contribution in [0.1, 0.15) is 17.0 Å². The van der Waals surface area contributed by atoms with Crippen molar-refractivity contribution in [3.05, 3.63) is 65.9 Å². The van der Waals surface area contributed by atoms with Gasteiger partial charge in [0.1, 0.15) is 0 Å². The van der Waals surface area contributed by atoms with E-state index < -0.39 is 5.92 Å². The summed E-state index contributed by atoms with van der Waals surface area (Å²) in [6, 6.07) is 15.5. The van der Waals surface area contributed by atoms with E-state index in [0.717, 1.165) is 27.7 Å². The number of anilines is 1. The van der Waals surface area contributed by atoms with Crippen LogP contribution in [0.2, 0.25) is 0 Å². The molecule has 0 saturated heterocycles. The second-order valence-electron chi connectivity index (χ2n) is 7.68. The van der Waals surface area contributed by atoms with Gasteiger partial charge in [-0.2, -0.15) is 0 Å². The predicted octanol–water partition coefficient (Wildman–Crippen LogP) is 4.95. The summed E-state index contributed by atoms with van der Waals surface area (Å²) >= 11 is 0. The standard InChI is InChI=1S/C26H24N2O5/c1-30-22-20(16-13-27-17-11-7-5-9-14(16)17)23(31-2)25(33-4)21(24(22)32-3)19-15-10-6-8-12-18(15)28-26(19)29/h5-13,19,27H,1-4H3,(H,28,29)/t19-/m1/s1. The molecule has 7 nitrogen and oxygen atoms in total. The molecule has 1 aromatic heterocycles. The van der Waals surface area contributed by atoms with Crippen molar-refractivity contribution in [1.82, 2.24) is 4.98 Å². The number of nitrogens with one attached hydrogen (secondary N) is 2. The fourth-order valence-corrected chi connectivity index (χ4v) is 4.75. The van der Waals surface area contributed by atoms with Crippen molar-refractivity contribution in [1.29, 1.82) is 0 Å². The first kappa shape index (κ1) is 20.8. The van der Waals surface area contributed by atoms with Crippen molar-refractivity contribution in [2.45, 2.75) is 5.92 Å².